The van der Waals surface area contributed by atoms with E-state index in [9.17, 15) is 9.18 Å². The summed E-state index contributed by atoms with van der Waals surface area (Å²) in [5.41, 5.74) is 5.47. The third-order valence-electron chi connectivity index (χ3n) is 2.97. The van der Waals surface area contributed by atoms with Crippen LogP contribution in [-0.2, 0) is 0 Å². The van der Waals surface area contributed by atoms with Gasteiger partial charge < -0.3 is 15.4 Å². The average Bonchev–Trinajstić information content (AvgIpc) is 2.37. The topological polar surface area (TPSA) is 55.6 Å². The first-order valence-electron chi connectivity index (χ1n) is 6.10. The molecule has 4 nitrogen and oxygen atoms in total. The second kappa shape index (κ2) is 7.45. The lowest BCUT2D eigenvalue weighted by molar-refractivity contribution is 0.0736. The summed E-state index contributed by atoms with van der Waals surface area (Å²) in [4.78, 5) is 13.6. The minimum Gasteiger partial charge on any atom is -0.497 e. The van der Waals surface area contributed by atoms with E-state index in [0.29, 0.717) is 18.8 Å². The van der Waals surface area contributed by atoms with Crippen LogP contribution in [0.25, 0.3) is 0 Å². The van der Waals surface area contributed by atoms with Crippen LogP contribution < -0.4 is 10.5 Å². The molecule has 6 heteroatoms. The maximum atomic E-state index is 13.8. The number of carbonyl (C=O) groups is 1. The second-order valence-corrected chi connectivity index (χ2v) is 5.38. The summed E-state index contributed by atoms with van der Waals surface area (Å²) in [6, 6.07) is 4.20. The number of carbonyl (C=O) groups excluding carboxylic acids is 1. The number of hydrogen-bond acceptors (Lipinski definition) is 3. The van der Waals surface area contributed by atoms with Crippen LogP contribution >= 0.6 is 12.4 Å². The van der Waals surface area contributed by atoms with Gasteiger partial charge in [-0.1, -0.05) is 13.8 Å². The van der Waals surface area contributed by atoms with E-state index in [-0.39, 0.29) is 29.3 Å². The van der Waals surface area contributed by atoms with Gasteiger partial charge in [0.25, 0.3) is 5.91 Å². The lowest BCUT2D eigenvalue weighted by Gasteiger charge is -2.29. The van der Waals surface area contributed by atoms with Crippen molar-refractivity contribution in [2.24, 2.45) is 11.1 Å². The van der Waals surface area contributed by atoms with E-state index in [1.54, 1.807) is 13.1 Å². The molecule has 0 radical (unpaired) electrons. The molecule has 0 saturated heterocycles. The van der Waals surface area contributed by atoms with Crippen LogP contribution in [0, 0.1) is 11.2 Å². The number of methoxy groups -OCH3 is 1. The lowest BCUT2D eigenvalue weighted by atomic mass is 9.93. The van der Waals surface area contributed by atoms with E-state index in [4.69, 9.17) is 10.5 Å². The summed E-state index contributed by atoms with van der Waals surface area (Å²) in [5.74, 6) is -0.553. The maximum absolute atomic E-state index is 13.8. The Morgan fingerprint density at radius 2 is 2.05 bits per heavy atom. The van der Waals surface area contributed by atoms with Gasteiger partial charge in [-0.3, -0.25) is 4.79 Å². The van der Waals surface area contributed by atoms with E-state index in [0.717, 1.165) is 0 Å². The average molecular weight is 305 g/mol. The number of ether oxygens (including phenoxy) is 1. The highest BCUT2D eigenvalue weighted by atomic mass is 35.5. The minimum absolute atomic E-state index is 0. The Balaban J connectivity index is 0.00000361. The predicted octanol–water partition coefficient (Wildman–Crippen LogP) is 2.31. The van der Waals surface area contributed by atoms with Crippen LogP contribution in [0.1, 0.15) is 24.2 Å². The van der Waals surface area contributed by atoms with Gasteiger partial charge >= 0.3 is 0 Å². The fourth-order valence-electron chi connectivity index (χ4n) is 1.78. The maximum Gasteiger partial charge on any atom is 0.256 e. The molecule has 0 spiro atoms. The van der Waals surface area contributed by atoms with Crippen LogP contribution in [-0.4, -0.2) is 38.1 Å². The molecule has 0 fully saturated rings. The zero-order chi connectivity index (χ0) is 14.6. The zero-order valence-corrected chi connectivity index (χ0v) is 13.1. The number of benzene rings is 1. The van der Waals surface area contributed by atoms with Gasteiger partial charge in [-0.05, 0) is 24.1 Å². The first kappa shape index (κ1) is 18.7. The summed E-state index contributed by atoms with van der Waals surface area (Å²) < 4.78 is 18.7. The Bertz CT molecular complexity index is 466. The van der Waals surface area contributed by atoms with E-state index >= 15 is 0 Å². The monoisotopic (exact) mass is 304 g/mol. The van der Waals surface area contributed by atoms with Crippen molar-refractivity contribution in [2.45, 2.75) is 13.8 Å². The van der Waals surface area contributed by atoms with Crippen LogP contribution in [0.5, 0.6) is 5.75 Å². The first-order chi connectivity index (χ1) is 8.80. The van der Waals surface area contributed by atoms with Crippen molar-refractivity contribution in [1.82, 2.24) is 4.90 Å². The standard InChI is InChI=1S/C14H21FN2O2.ClH/c1-14(2,8-16)9-17(3)13(18)11-6-5-10(19-4)7-12(11)15;/h5-7H,8-9,16H2,1-4H3;1H. The van der Waals surface area contributed by atoms with Gasteiger partial charge in [0.2, 0.25) is 0 Å². The van der Waals surface area contributed by atoms with Gasteiger partial charge in [-0.15, -0.1) is 12.4 Å². The van der Waals surface area contributed by atoms with Crippen LogP contribution in [0.3, 0.4) is 0 Å². The largest absolute Gasteiger partial charge is 0.497 e. The molecule has 0 saturated carbocycles. The van der Waals surface area contributed by atoms with Crippen LogP contribution in [0.15, 0.2) is 18.2 Å². The third kappa shape index (κ3) is 4.65. The molecule has 0 heterocycles. The fraction of sp³-hybridized carbons (Fsp3) is 0.500. The molecule has 1 aromatic carbocycles. The number of nitrogens with zero attached hydrogens (tertiary/aromatic N) is 1. The molecule has 0 aromatic heterocycles. The normalized spacial score (nSPS) is 10.7. The van der Waals surface area contributed by atoms with E-state index in [1.165, 1.54) is 24.1 Å². The van der Waals surface area contributed by atoms with Crippen molar-refractivity contribution < 1.29 is 13.9 Å². The second-order valence-electron chi connectivity index (χ2n) is 5.38. The molecule has 0 bridgehead atoms. The van der Waals surface area contributed by atoms with Crippen molar-refractivity contribution in [3.05, 3.63) is 29.6 Å². The van der Waals surface area contributed by atoms with E-state index in [2.05, 4.69) is 0 Å². The molecule has 0 unspecified atom stereocenters. The summed E-state index contributed by atoms with van der Waals surface area (Å²) in [5, 5.41) is 0. The van der Waals surface area contributed by atoms with Gasteiger partial charge in [0.1, 0.15) is 11.6 Å². The highest BCUT2D eigenvalue weighted by Gasteiger charge is 2.23. The van der Waals surface area contributed by atoms with E-state index in [1.807, 2.05) is 13.8 Å². The predicted molar refractivity (Wildman–Crippen MR) is 80.0 cm³/mol. The van der Waals surface area contributed by atoms with Gasteiger partial charge in [0, 0.05) is 19.7 Å². The first-order valence-corrected chi connectivity index (χ1v) is 6.10. The molecule has 1 aromatic rings. The highest BCUT2D eigenvalue weighted by Crippen LogP contribution is 2.20. The highest BCUT2D eigenvalue weighted by molar-refractivity contribution is 5.94. The molecule has 0 aliphatic carbocycles. The number of nitrogens with two attached hydrogens (primary N) is 1. The van der Waals surface area contributed by atoms with Crippen molar-refractivity contribution in [1.29, 1.82) is 0 Å². The van der Waals surface area contributed by atoms with Gasteiger partial charge in [0.15, 0.2) is 0 Å². The number of rotatable bonds is 5. The Hall–Kier alpha value is -1.33. The molecule has 20 heavy (non-hydrogen) atoms. The summed E-state index contributed by atoms with van der Waals surface area (Å²) >= 11 is 0. The minimum atomic E-state index is -0.582. The number of hydrogen-bond donors (Lipinski definition) is 1. The SMILES string of the molecule is COc1ccc(C(=O)N(C)CC(C)(C)CN)c(F)c1.Cl. The fourth-order valence-corrected chi connectivity index (χ4v) is 1.78. The van der Waals surface area contributed by atoms with Crippen LogP contribution in [0.4, 0.5) is 4.39 Å². The Kier molecular flexibility index (Phi) is 6.96. The van der Waals surface area contributed by atoms with Crippen LogP contribution in [0.2, 0.25) is 0 Å². The molecule has 0 aliphatic heterocycles. The zero-order valence-electron chi connectivity index (χ0n) is 12.3. The molecule has 114 valence electrons. The lowest BCUT2D eigenvalue weighted by Crippen LogP contribution is -2.40. The van der Waals surface area contributed by atoms with Crippen molar-refractivity contribution in [3.63, 3.8) is 0 Å². The quantitative estimate of drug-likeness (QED) is 0.908. The molecule has 1 amide bonds. The molecule has 0 aliphatic rings. The van der Waals surface area contributed by atoms with Gasteiger partial charge in [-0.25, -0.2) is 4.39 Å². The molecule has 2 N–H and O–H groups in total. The summed E-state index contributed by atoms with van der Waals surface area (Å²) in [6.07, 6.45) is 0. The summed E-state index contributed by atoms with van der Waals surface area (Å²) in [6.45, 7) is 4.84. The molecule has 1 rings (SSSR count). The molecular formula is C14H22ClFN2O2. The smallest absolute Gasteiger partial charge is 0.256 e. The summed E-state index contributed by atoms with van der Waals surface area (Å²) in [7, 11) is 3.09. The van der Waals surface area contributed by atoms with Gasteiger partial charge in [0.05, 0.1) is 12.7 Å². The number of amides is 1. The molecular weight excluding hydrogens is 283 g/mol. The van der Waals surface area contributed by atoms with Crippen molar-refractivity contribution in [3.8, 4) is 5.75 Å². The van der Waals surface area contributed by atoms with E-state index < -0.39 is 5.82 Å². The Morgan fingerprint density at radius 1 is 1.45 bits per heavy atom. The Morgan fingerprint density at radius 3 is 2.50 bits per heavy atom. The Labute approximate surface area is 125 Å². The number of halogens is 2. The van der Waals surface area contributed by atoms with Gasteiger partial charge in [-0.2, -0.15) is 0 Å². The third-order valence-corrected chi connectivity index (χ3v) is 2.97. The van der Waals surface area contributed by atoms with Crippen molar-refractivity contribution in [2.75, 3.05) is 27.2 Å². The van der Waals surface area contributed by atoms with Crippen molar-refractivity contribution >= 4 is 18.3 Å². The molecule has 0 atom stereocenters.